The van der Waals surface area contributed by atoms with Gasteiger partial charge in [0, 0.05) is 32.4 Å². The van der Waals surface area contributed by atoms with E-state index in [4.69, 9.17) is 9.47 Å². The summed E-state index contributed by atoms with van der Waals surface area (Å²) in [6, 6.07) is 4.24. The number of nitrogens with zero attached hydrogens (tertiary/aromatic N) is 3. The number of nitrogens with one attached hydrogen (secondary N) is 2. The maximum Gasteiger partial charge on any atom is 0.231 e. The zero-order valence-corrected chi connectivity index (χ0v) is 18.0. The van der Waals surface area contributed by atoms with E-state index in [1.54, 1.807) is 7.05 Å². The number of hydrogen-bond acceptors (Lipinski definition) is 4. The predicted octanol–water partition coefficient (Wildman–Crippen LogP) is 2.82. The summed E-state index contributed by atoms with van der Waals surface area (Å²) in [7, 11) is 3.76. The summed E-state index contributed by atoms with van der Waals surface area (Å²) in [6.45, 7) is 7.20. The third-order valence-electron chi connectivity index (χ3n) is 4.72. The molecule has 1 aromatic carbocycles. The van der Waals surface area contributed by atoms with E-state index < -0.39 is 0 Å². The Hall–Kier alpha value is -2.22. The predicted molar refractivity (Wildman–Crippen MR) is 109 cm³/mol. The molecule has 1 aromatic heterocycles. The molecule has 146 valence electrons. The van der Waals surface area contributed by atoms with Crippen LogP contribution in [0.3, 0.4) is 0 Å². The molecular weight excluding hydrogens is 410 g/mol. The van der Waals surface area contributed by atoms with Gasteiger partial charge in [0.15, 0.2) is 17.5 Å². The van der Waals surface area contributed by atoms with Crippen molar-refractivity contribution in [1.82, 2.24) is 20.4 Å². The lowest BCUT2D eigenvalue weighted by molar-refractivity contribution is 0.173. The summed E-state index contributed by atoms with van der Waals surface area (Å²) < 4.78 is 13.7. The lowest BCUT2D eigenvalue weighted by atomic mass is 10.1. The molecule has 0 radical (unpaired) electrons. The van der Waals surface area contributed by atoms with E-state index in [0.717, 1.165) is 39.6 Å². The van der Waals surface area contributed by atoms with Crippen LogP contribution in [0.5, 0.6) is 11.5 Å². The number of rotatable bonds is 5. The van der Waals surface area contributed by atoms with Crippen LogP contribution in [0.25, 0.3) is 0 Å². The average molecular weight is 436 g/mol. The van der Waals surface area contributed by atoms with Gasteiger partial charge in [0.2, 0.25) is 6.79 Å². The van der Waals surface area contributed by atoms with Crippen molar-refractivity contribution in [1.29, 1.82) is 0 Å². The van der Waals surface area contributed by atoms with Crippen LogP contribution in [0.4, 0.5) is 0 Å². The van der Waals surface area contributed by atoms with Gasteiger partial charge in [-0.05, 0) is 66.4 Å². The van der Waals surface area contributed by atoms with Crippen LogP contribution in [0, 0.1) is 13.8 Å². The molecule has 0 saturated carbocycles. The summed E-state index contributed by atoms with van der Waals surface area (Å²) >= 11 is 3.53. The zero-order chi connectivity index (χ0) is 19.6. The van der Waals surface area contributed by atoms with Crippen molar-refractivity contribution in [2.24, 2.45) is 12.0 Å². The molecule has 27 heavy (non-hydrogen) atoms. The number of aromatic nitrogens is 2. The van der Waals surface area contributed by atoms with Gasteiger partial charge >= 0.3 is 0 Å². The van der Waals surface area contributed by atoms with Crippen LogP contribution in [0.15, 0.2) is 21.6 Å². The van der Waals surface area contributed by atoms with Gasteiger partial charge in [-0.1, -0.05) is 0 Å². The van der Waals surface area contributed by atoms with E-state index in [1.165, 1.54) is 11.3 Å². The third kappa shape index (κ3) is 4.37. The topological polar surface area (TPSA) is 72.7 Å². The molecule has 2 aromatic rings. The van der Waals surface area contributed by atoms with Crippen LogP contribution in [-0.2, 0) is 20.0 Å². The van der Waals surface area contributed by atoms with E-state index in [1.807, 2.05) is 23.9 Å². The van der Waals surface area contributed by atoms with E-state index in [2.05, 4.69) is 57.4 Å². The molecule has 1 atom stereocenters. The minimum Gasteiger partial charge on any atom is -0.454 e. The van der Waals surface area contributed by atoms with Crippen LogP contribution < -0.4 is 20.1 Å². The highest BCUT2D eigenvalue weighted by Crippen LogP contribution is 2.39. The van der Waals surface area contributed by atoms with Crippen molar-refractivity contribution in [3.8, 4) is 11.5 Å². The molecule has 0 fully saturated rings. The monoisotopic (exact) mass is 435 g/mol. The van der Waals surface area contributed by atoms with Crippen molar-refractivity contribution in [2.45, 2.75) is 39.8 Å². The fourth-order valence-corrected chi connectivity index (χ4v) is 3.81. The first-order valence-electron chi connectivity index (χ1n) is 8.93. The first-order valence-corrected chi connectivity index (χ1v) is 9.72. The largest absolute Gasteiger partial charge is 0.454 e. The molecule has 0 spiro atoms. The van der Waals surface area contributed by atoms with Gasteiger partial charge in [0.25, 0.3) is 0 Å². The summed E-state index contributed by atoms with van der Waals surface area (Å²) in [5.41, 5.74) is 4.65. The fraction of sp³-hybridized carbons (Fsp3) is 0.474. The van der Waals surface area contributed by atoms with E-state index >= 15 is 0 Å². The van der Waals surface area contributed by atoms with E-state index in [-0.39, 0.29) is 12.8 Å². The van der Waals surface area contributed by atoms with Crippen molar-refractivity contribution in [3.63, 3.8) is 0 Å². The molecule has 0 amide bonds. The van der Waals surface area contributed by atoms with E-state index in [9.17, 15) is 0 Å². The third-order valence-corrected chi connectivity index (χ3v) is 5.31. The van der Waals surface area contributed by atoms with Crippen LogP contribution in [0.2, 0.25) is 0 Å². The molecule has 3 rings (SSSR count). The number of guanidine groups is 1. The van der Waals surface area contributed by atoms with Gasteiger partial charge in [-0.2, -0.15) is 5.10 Å². The normalized spacial score (nSPS) is 14.4. The zero-order valence-electron chi connectivity index (χ0n) is 16.4. The maximum atomic E-state index is 5.47. The van der Waals surface area contributed by atoms with Crippen molar-refractivity contribution in [3.05, 3.63) is 39.1 Å². The summed E-state index contributed by atoms with van der Waals surface area (Å²) in [5, 5.41) is 11.3. The second kappa shape index (κ2) is 8.21. The molecule has 7 nitrogen and oxygen atoms in total. The quantitative estimate of drug-likeness (QED) is 0.557. The smallest absolute Gasteiger partial charge is 0.231 e. The molecule has 1 aliphatic heterocycles. The molecule has 0 aliphatic carbocycles. The Morgan fingerprint density at radius 1 is 1.37 bits per heavy atom. The Morgan fingerprint density at radius 2 is 2.15 bits per heavy atom. The number of fused-ring (bicyclic) bond motifs is 1. The van der Waals surface area contributed by atoms with Crippen molar-refractivity contribution < 1.29 is 9.47 Å². The molecule has 0 saturated heterocycles. The fourth-order valence-electron chi connectivity index (χ4n) is 3.21. The second-order valence-corrected chi connectivity index (χ2v) is 7.61. The van der Waals surface area contributed by atoms with Gasteiger partial charge in [0.1, 0.15) is 0 Å². The molecule has 1 unspecified atom stereocenters. The second-order valence-electron chi connectivity index (χ2n) is 6.76. The SMILES string of the molecule is CN=C(NCc1cc(Br)c2c(c1)OCO2)NC(C)Cc1c(C)nn(C)c1C. The number of hydrogen-bond donors (Lipinski definition) is 2. The molecule has 0 bridgehead atoms. The Morgan fingerprint density at radius 3 is 2.81 bits per heavy atom. The minimum absolute atomic E-state index is 0.223. The average Bonchev–Trinajstić information content (AvgIpc) is 3.19. The standard InChI is InChI=1S/C19H26BrN5O2/c1-11(6-15-12(2)24-25(5)13(15)3)23-19(21-4)22-9-14-7-16(20)18-17(8-14)26-10-27-18/h7-8,11H,6,9-10H2,1-5H3,(H2,21,22,23). The first-order chi connectivity index (χ1) is 12.9. The molecule has 2 N–H and O–H groups in total. The summed E-state index contributed by atoms with van der Waals surface area (Å²) in [6.07, 6.45) is 0.891. The van der Waals surface area contributed by atoms with Gasteiger partial charge in [-0.25, -0.2) is 0 Å². The maximum absolute atomic E-state index is 5.47. The van der Waals surface area contributed by atoms with Gasteiger partial charge < -0.3 is 20.1 Å². The van der Waals surface area contributed by atoms with Gasteiger partial charge in [0.05, 0.1) is 10.2 Å². The Balaban J connectivity index is 1.59. The molecule has 1 aliphatic rings. The highest BCUT2D eigenvalue weighted by molar-refractivity contribution is 9.10. The highest BCUT2D eigenvalue weighted by Gasteiger charge is 2.18. The molecule has 8 heteroatoms. The number of benzene rings is 1. The summed E-state index contributed by atoms with van der Waals surface area (Å²) in [4.78, 5) is 4.34. The van der Waals surface area contributed by atoms with Gasteiger partial charge in [-0.15, -0.1) is 0 Å². The van der Waals surface area contributed by atoms with Crippen molar-refractivity contribution in [2.75, 3.05) is 13.8 Å². The molecular formula is C19H26BrN5O2. The lowest BCUT2D eigenvalue weighted by Crippen LogP contribution is -2.42. The number of aliphatic imine (C=N–C) groups is 1. The van der Waals surface area contributed by atoms with Crippen molar-refractivity contribution >= 4 is 21.9 Å². The highest BCUT2D eigenvalue weighted by atomic mass is 79.9. The number of halogens is 1. The Labute approximate surface area is 168 Å². The Kier molecular flexibility index (Phi) is 5.94. The first kappa shape index (κ1) is 19.5. The van der Waals surface area contributed by atoms with Crippen LogP contribution in [-0.4, -0.2) is 35.6 Å². The Bertz CT molecular complexity index is 862. The number of ether oxygens (including phenoxy) is 2. The van der Waals surface area contributed by atoms with Crippen LogP contribution >= 0.6 is 15.9 Å². The minimum atomic E-state index is 0.223. The van der Waals surface area contributed by atoms with E-state index in [0.29, 0.717) is 6.54 Å². The number of aryl methyl sites for hydroxylation is 2. The summed E-state index contributed by atoms with van der Waals surface area (Å²) in [5.74, 6) is 2.28. The van der Waals surface area contributed by atoms with Crippen LogP contribution in [0.1, 0.15) is 29.4 Å². The lowest BCUT2D eigenvalue weighted by Gasteiger charge is -2.18. The van der Waals surface area contributed by atoms with Gasteiger partial charge in [-0.3, -0.25) is 9.67 Å². The molecule has 2 heterocycles.